The number of fused-ring (bicyclic) bond motifs is 2. The first kappa shape index (κ1) is 14.9. The van der Waals surface area contributed by atoms with Crippen molar-refractivity contribution in [3.8, 4) is 5.75 Å². The number of benzene rings is 2. The summed E-state index contributed by atoms with van der Waals surface area (Å²) in [4.78, 5) is 0. The maximum Gasteiger partial charge on any atom is 0.127 e. The Labute approximate surface area is 137 Å². The second-order valence-electron chi connectivity index (χ2n) is 6.56. The van der Waals surface area contributed by atoms with Crippen molar-refractivity contribution in [1.29, 1.82) is 0 Å². The molecular formula is C19H24N2O2. The van der Waals surface area contributed by atoms with Gasteiger partial charge < -0.3 is 20.5 Å². The molecule has 23 heavy (non-hydrogen) atoms. The summed E-state index contributed by atoms with van der Waals surface area (Å²) in [6.07, 6.45) is 1.04. The fraction of sp³-hybridized carbons (Fsp3) is 0.474. The quantitative estimate of drug-likeness (QED) is 0.769. The lowest BCUT2D eigenvalue weighted by Gasteiger charge is -2.15. The first-order valence-electron chi connectivity index (χ1n) is 8.52. The summed E-state index contributed by atoms with van der Waals surface area (Å²) in [5, 5.41) is 5.89. The van der Waals surface area contributed by atoms with E-state index >= 15 is 0 Å². The van der Waals surface area contributed by atoms with Gasteiger partial charge in [0, 0.05) is 30.6 Å². The van der Waals surface area contributed by atoms with Gasteiger partial charge in [0.1, 0.15) is 12.4 Å². The van der Waals surface area contributed by atoms with E-state index in [9.17, 15) is 0 Å². The van der Waals surface area contributed by atoms with Crippen molar-refractivity contribution in [3.05, 3.63) is 42.5 Å². The third kappa shape index (κ3) is 3.07. The number of ether oxygens (including phenoxy) is 2. The van der Waals surface area contributed by atoms with E-state index in [1.165, 1.54) is 5.39 Å². The molecule has 2 fully saturated rings. The number of nitrogens with two attached hydrogens (primary N) is 1. The highest BCUT2D eigenvalue weighted by Crippen LogP contribution is 2.44. The molecule has 4 heteroatoms. The molecule has 1 aliphatic heterocycles. The van der Waals surface area contributed by atoms with Crippen LogP contribution in [0.2, 0.25) is 0 Å². The standard InChI is InChI=1S/C19H24N2O2/c20-19-15-12-21-16(18(15)19)8-9-22-10-11-23-17-7-3-5-13-4-1-2-6-14(13)17/h1-7,15-16,18-19,21H,8-12,20H2. The Hall–Kier alpha value is -1.62. The Kier molecular flexibility index (Phi) is 4.21. The molecule has 0 aromatic heterocycles. The van der Waals surface area contributed by atoms with Crippen LogP contribution in [0.25, 0.3) is 10.8 Å². The number of nitrogens with one attached hydrogen (secondary N) is 1. The SMILES string of the molecule is NC1C2CNC(CCOCCOc3cccc4ccccc34)C12. The molecule has 1 saturated heterocycles. The van der Waals surface area contributed by atoms with E-state index in [2.05, 4.69) is 23.5 Å². The zero-order valence-corrected chi connectivity index (χ0v) is 13.3. The number of rotatable bonds is 7. The van der Waals surface area contributed by atoms with Crippen LogP contribution in [-0.2, 0) is 4.74 Å². The Bertz CT molecular complexity index is 670. The summed E-state index contributed by atoms with van der Waals surface area (Å²) in [7, 11) is 0. The lowest BCUT2D eigenvalue weighted by molar-refractivity contribution is 0.0931. The van der Waals surface area contributed by atoms with E-state index in [0.717, 1.165) is 36.6 Å². The van der Waals surface area contributed by atoms with E-state index in [-0.39, 0.29) is 0 Å². The zero-order chi connectivity index (χ0) is 15.6. The fourth-order valence-electron chi connectivity index (χ4n) is 3.83. The second kappa shape index (κ2) is 6.48. The minimum absolute atomic E-state index is 0.427. The number of hydrogen-bond acceptors (Lipinski definition) is 4. The molecule has 3 N–H and O–H groups in total. The minimum Gasteiger partial charge on any atom is -0.491 e. The molecule has 0 spiro atoms. The zero-order valence-electron chi connectivity index (χ0n) is 13.3. The van der Waals surface area contributed by atoms with Gasteiger partial charge >= 0.3 is 0 Å². The molecule has 1 saturated carbocycles. The molecule has 1 aliphatic carbocycles. The first-order chi connectivity index (χ1) is 11.3. The van der Waals surface area contributed by atoms with Crippen molar-refractivity contribution in [2.45, 2.75) is 18.5 Å². The van der Waals surface area contributed by atoms with E-state index in [1.807, 2.05) is 24.3 Å². The molecule has 4 rings (SSSR count). The van der Waals surface area contributed by atoms with E-state index in [1.54, 1.807) is 0 Å². The predicted octanol–water partition coefficient (Wildman–Crippen LogP) is 2.17. The van der Waals surface area contributed by atoms with Gasteiger partial charge in [0.25, 0.3) is 0 Å². The van der Waals surface area contributed by atoms with Gasteiger partial charge in [0.2, 0.25) is 0 Å². The van der Waals surface area contributed by atoms with Gasteiger partial charge in [-0.25, -0.2) is 0 Å². The Balaban J connectivity index is 1.19. The summed E-state index contributed by atoms with van der Waals surface area (Å²) in [5.41, 5.74) is 6.02. The van der Waals surface area contributed by atoms with Gasteiger partial charge in [-0.15, -0.1) is 0 Å². The minimum atomic E-state index is 0.427. The van der Waals surface area contributed by atoms with Crippen LogP contribution < -0.4 is 15.8 Å². The van der Waals surface area contributed by atoms with Crippen molar-refractivity contribution in [1.82, 2.24) is 5.32 Å². The van der Waals surface area contributed by atoms with Crippen LogP contribution >= 0.6 is 0 Å². The highest BCUT2D eigenvalue weighted by Gasteiger charge is 2.55. The topological polar surface area (TPSA) is 56.5 Å². The number of piperidine rings is 1. The predicted molar refractivity (Wildman–Crippen MR) is 91.6 cm³/mol. The van der Waals surface area contributed by atoms with E-state index in [0.29, 0.717) is 31.2 Å². The average Bonchev–Trinajstić information content (AvgIpc) is 3.03. The molecular weight excluding hydrogens is 288 g/mol. The molecule has 0 bridgehead atoms. The molecule has 2 aliphatic rings. The van der Waals surface area contributed by atoms with Crippen LogP contribution in [0.4, 0.5) is 0 Å². The van der Waals surface area contributed by atoms with E-state index < -0.39 is 0 Å². The Morgan fingerprint density at radius 1 is 1.04 bits per heavy atom. The Morgan fingerprint density at radius 2 is 1.91 bits per heavy atom. The van der Waals surface area contributed by atoms with Crippen molar-refractivity contribution in [2.75, 3.05) is 26.4 Å². The van der Waals surface area contributed by atoms with Gasteiger partial charge in [-0.2, -0.15) is 0 Å². The second-order valence-corrected chi connectivity index (χ2v) is 6.56. The lowest BCUT2D eigenvalue weighted by atomic mass is 10.1. The van der Waals surface area contributed by atoms with Crippen LogP contribution in [-0.4, -0.2) is 38.4 Å². The summed E-state index contributed by atoms with van der Waals surface area (Å²) < 4.78 is 11.6. The smallest absolute Gasteiger partial charge is 0.127 e. The van der Waals surface area contributed by atoms with Crippen LogP contribution in [0.1, 0.15) is 6.42 Å². The number of hydrogen-bond donors (Lipinski definition) is 2. The monoisotopic (exact) mass is 312 g/mol. The highest BCUT2D eigenvalue weighted by atomic mass is 16.5. The van der Waals surface area contributed by atoms with E-state index in [4.69, 9.17) is 15.2 Å². The normalized spacial score (nSPS) is 28.7. The van der Waals surface area contributed by atoms with Crippen LogP contribution in [0.3, 0.4) is 0 Å². The van der Waals surface area contributed by atoms with Crippen LogP contribution in [0.15, 0.2) is 42.5 Å². The van der Waals surface area contributed by atoms with Crippen molar-refractivity contribution in [3.63, 3.8) is 0 Å². The molecule has 122 valence electrons. The third-order valence-electron chi connectivity index (χ3n) is 5.18. The molecule has 2 aromatic carbocycles. The summed E-state index contributed by atoms with van der Waals surface area (Å²) in [6.45, 7) is 3.06. The van der Waals surface area contributed by atoms with Crippen LogP contribution in [0.5, 0.6) is 5.75 Å². The third-order valence-corrected chi connectivity index (χ3v) is 5.18. The molecule has 4 atom stereocenters. The average molecular weight is 312 g/mol. The van der Waals surface area contributed by atoms with Gasteiger partial charge in [-0.05, 0) is 29.7 Å². The molecule has 1 heterocycles. The Morgan fingerprint density at radius 3 is 2.78 bits per heavy atom. The van der Waals surface area contributed by atoms with Crippen molar-refractivity contribution in [2.24, 2.45) is 17.6 Å². The largest absolute Gasteiger partial charge is 0.491 e. The first-order valence-corrected chi connectivity index (χ1v) is 8.52. The lowest BCUT2D eigenvalue weighted by Crippen LogP contribution is -2.33. The van der Waals surface area contributed by atoms with Gasteiger partial charge in [-0.3, -0.25) is 0 Å². The van der Waals surface area contributed by atoms with Gasteiger partial charge in [0.15, 0.2) is 0 Å². The molecule has 0 amide bonds. The van der Waals surface area contributed by atoms with Crippen molar-refractivity contribution >= 4 is 10.8 Å². The van der Waals surface area contributed by atoms with Gasteiger partial charge in [-0.1, -0.05) is 36.4 Å². The molecule has 4 unspecified atom stereocenters. The molecule has 0 radical (unpaired) electrons. The summed E-state index contributed by atoms with van der Waals surface area (Å²) in [6, 6.07) is 15.4. The highest BCUT2D eigenvalue weighted by molar-refractivity contribution is 5.88. The van der Waals surface area contributed by atoms with Crippen molar-refractivity contribution < 1.29 is 9.47 Å². The van der Waals surface area contributed by atoms with Gasteiger partial charge in [0.05, 0.1) is 6.61 Å². The summed E-state index contributed by atoms with van der Waals surface area (Å²) >= 11 is 0. The molecule has 2 aromatic rings. The summed E-state index contributed by atoms with van der Waals surface area (Å²) in [5.74, 6) is 2.33. The molecule has 4 nitrogen and oxygen atoms in total. The fourth-order valence-corrected chi connectivity index (χ4v) is 3.83. The maximum atomic E-state index is 6.02. The maximum absolute atomic E-state index is 6.02. The van der Waals surface area contributed by atoms with Crippen LogP contribution in [0, 0.1) is 11.8 Å².